The van der Waals surface area contributed by atoms with E-state index in [1.807, 2.05) is 11.3 Å². The highest BCUT2D eigenvalue weighted by Gasteiger charge is 2.41. The van der Waals surface area contributed by atoms with Crippen LogP contribution < -0.4 is 9.80 Å². The monoisotopic (exact) mass is 797 g/mol. The Morgan fingerprint density at radius 1 is 0.393 bits per heavy atom. The molecule has 11 aromatic rings. The molecule has 0 bridgehead atoms. The minimum Gasteiger partial charge on any atom is -0.310 e. The molecule has 0 unspecified atom stereocenters. The van der Waals surface area contributed by atoms with E-state index in [2.05, 4.69) is 228 Å². The minimum atomic E-state index is -0.224. The van der Waals surface area contributed by atoms with Crippen LogP contribution in [-0.2, 0) is 5.41 Å². The fraction of sp³-hybridized carbons (Fsp3) is 0.0526. The second-order valence-electron chi connectivity index (χ2n) is 16.9. The standard InChI is InChI=1S/C57H39N3S/c1-57(2)48-27-15-24-44-46-26-14-25-45-42-22-9-11-28-50(42)60(56(45)46)51-35-41(34-49(57)55(51)54(44)48)59(37-18-7-4-8-19-37)39-21-13-20-38(32-39)58(36-16-5-3-6-17-36)40-30-31-53-47(33-40)43-23-10-12-29-52(43)61-53/h3-35H,1-2H3. The smallest absolute Gasteiger partial charge is 0.0619 e. The topological polar surface area (TPSA) is 11.4 Å². The fourth-order valence-corrected chi connectivity index (χ4v) is 11.6. The number of rotatable bonds is 6. The molecule has 9 aromatic carbocycles. The van der Waals surface area contributed by atoms with Gasteiger partial charge in [0.1, 0.15) is 0 Å². The van der Waals surface area contributed by atoms with E-state index in [4.69, 9.17) is 0 Å². The quantitative estimate of drug-likeness (QED) is 0.166. The van der Waals surface area contributed by atoms with Crippen LogP contribution in [0.1, 0.15) is 25.0 Å². The predicted molar refractivity (Wildman–Crippen MR) is 260 cm³/mol. The number of benzene rings is 9. The summed E-state index contributed by atoms with van der Waals surface area (Å²) in [5, 5.41) is 5.14. The molecule has 288 valence electrons. The summed E-state index contributed by atoms with van der Waals surface area (Å²) in [6.45, 7) is 4.81. The van der Waals surface area contributed by atoms with Crippen LogP contribution >= 0.6 is 11.3 Å². The zero-order valence-corrected chi connectivity index (χ0v) is 34.6. The third kappa shape index (κ3) is 4.91. The summed E-state index contributed by atoms with van der Waals surface area (Å²) in [6.07, 6.45) is 0. The third-order valence-corrected chi connectivity index (χ3v) is 14.4. The van der Waals surface area contributed by atoms with E-state index in [0.717, 1.165) is 34.1 Å². The van der Waals surface area contributed by atoms with Gasteiger partial charge in [0.15, 0.2) is 0 Å². The van der Waals surface area contributed by atoms with Gasteiger partial charge in [-0.15, -0.1) is 11.3 Å². The van der Waals surface area contributed by atoms with Crippen LogP contribution in [0.4, 0.5) is 34.1 Å². The van der Waals surface area contributed by atoms with Crippen molar-refractivity contribution in [2.24, 2.45) is 0 Å². The molecule has 3 heterocycles. The number of hydrogen-bond acceptors (Lipinski definition) is 3. The van der Waals surface area contributed by atoms with Crippen LogP contribution in [0.5, 0.6) is 0 Å². The summed E-state index contributed by atoms with van der Waals surface area (Å²) in [6, 6.07) is 74.1. The first-order valence-electron chi connectivity index (χ1n) is 21.1. The molecule has 4 heteroatoms. The molecule has 13 rings (SSSR count). The Bertz CT molecular complexity index is 3580. The maximum atomic E-state index is 2.56. The van der Waals surface area contributed by atoms with Crippen LogP contribution in [0.2, 0.25) is 0 Å². The maximum Gasteiger partial charge on any atom is 0.0619 e. The average molecular weight is 798 g/mol. The molecule has 0 fully saturated rings. The predicted octanol–water partition coefficient (Wildman–Crippen LogP) is 16.4. The Kier molecular flexibility index (Phi) is 7.23. The van der Waals surface area contributed by atoms with E-state index < -0.39 is 0 Å². The van der Waals surface area contributed by atoms with Gasteiger partial charge >= 0.3 is 0 Å². The Morgan fingerprint density at radius 2 is 0.984 bits per heavy atom. The van der Waals surface area contributed by atoms with Crippen molar-refractivity contribution in [2.75, 3.05) is 9.80 Å². The third-order valence-electron chi connectivity index (χ3n) is 13.2. The lowest BCUT2D eigenvalue weighted by Gasteiger charge is -2.31. The van der Waals surface area contributed by atoms with Gasteiger partial charge in [-0.3, -0.25) is 0 Å². The van der Waals surface area contributed by atoms with Gasteiger partial charge in [-0.1, -0.05) is 129 Å². The molecule has 2 aromatic heterocycles. The van der Waals surface area contributed by atoms with Crippen molar-refractivity contribution in [1.82, 2.24) is 4.57 Å². The summed E-state index contributed by atoms with van der Waals surface area (Å²) < 4.78 is 5.17. The summed E-state index contributed by atoms with van der Waals surface area (Å²) in [7, 11) is 0. The molecule has 0 saturated carbocycles. The lowest BCUT2D eigenvalue weighted by Crippen LogP contribution is -2.18. The van der Waals surface area contributed by atoms with Crippen molar-refractivity contribution >= 4 is 87.4 Å². The first-order valence-corrected chi connectivity index (χ1v) is 21.9. The second-order valence-corrected chi connectivity index (χ2v) is 18.0. The number of para-hydroxylation sites is 4. The van der Waals surface area contributed by atoms with Crippen LogP contribution in [0, 0.1) is 0 Å². The number of hydrogen-bond donors (Lipinski definition) is 0. The Balaban J connectivity index is 1.07. The van der Waals surface area contributed by atoms with Gasteiger partial charge in [-0.05, 0) is 107 Å². The highest BCUT2D eigenvalue weighted by molar-refractivity contribution is 7.25. The van der Waals surface area contributed by atoms with E-state index >= 15 is 0 Å². The first-order chi connectivity index (χ1) is 30.0. The lowest BCUT2D eigenvalue weighted by atomic mass is 9.81. The Hall–Kier alpha value is -7.40. The molecule has 1 aliphatic carbocycles. The van der Waals surface area contributed by atoms with E-state index in [0.29, 0.717) is 0 Å². The minimum absolute atomic E-state index is 0.224. The highest BCUT2D eigenvalue weighted by atomic mass is 32.1. The fourth-order valence-electron chi connectivity index (χ4n) is 10.5. The molecule has 1 aliphatic heterocycles. The van der Waals surface area contributed by atoms with Gasteiger partial charge in [-0.2, -0.15) is 0 Å². The van der Waals surface area contributed by atoms with Gasteiger partial charge in [0, 0.05) is 81.6 Å². The van der Waals surface area contributed by atoms with E-state index in [9.17, 15) is 0 Å². The molecule has 0 amide bonds. The first kappa shape index (κ1) is 34.5. The van der Waals surface area contributed by atoms with Crippen molar-refractivity contribution in [1.29, 1.82) is 0 Å². The van der Waals surface area contributed by atoms with Crippen molar-refractivity contribution in [3.05, 3.63) is 211 Å². The molecule has 0 spiro atoms. The SMILES string of the molecule is CC1(C)c2cccc3c2-c2c(cc(N(c4ccccc4)c4cccc(N(c5ccccc5)c5ccc6sc7ccccc7c6c5)c4)cc21)-n1c2ccccc2c2cccc-3c21. The number of anilines is 6. The van der Waals surface area contributed by atoms with Gasteiger partial charge in [0.05, 0.1) is 16.7 Å². The molecule has 0 saturated heterocycles. The molecule has 0 radical (unpaired) electrons. The van der Waals surface area contributed by atoms with Crippen molar-refractivity contribution < 1.29 is 0 Å². The van der Waals surface area contributed by atoms with Gasteiger partial charge < -0.3 is 14.4 Å². The number of nitrogens with zero attached hydrogens (tertiary/aromatic N) is 3. The largest absolute Gasteiger partial charge is 0.310 e. The van der Waals surface area contributed by atoms with Gasteiger partial charge in [0.25, 0.3) is 0 Å². The molecule has 2 aliphatic rings. The molecule has 61 heavy (non-hydrogen) atoms. The summed E-state index contributed by atoms with van der Waals surface area (Å²) in [5.41, 5.74) is 18.2. The van der Waals surface area contributed by atoms with Crippen LogP contribution in [0.3, 0.4) is 0 Å². The molecule has 0 atom stereocenters. The Labute approximate surface area is 358 Å². The normalized spacial score (nSPS) is 13.2. The van der Waals surface area contributed by atoms with Crippen LogP contribution in [0.15, 0.2) is 200 Å². The maximum absolute atomic E-state index is 2.56. The zero-order valence-electron chi connectivity index (χ0n) is 33.8. The molecular formula is C57H39N3S. The summed E-state index contributed by atoms with van der Waals surface area (Å²) >= 11 is 1.86. The molecule has 3 nitrogen and oxygen atoms in total. The van der Waals surface area contributed by atoms with Crippen LogP contribution in [0.25, 0.3) is 69.9 Å². The van der Waals surface area contributed by atoms with Crippen molar-refractivity contribution in [3.63, 3.8) is 0 Å². The number of fused-ring (bicyclic) bond motifs is 8. The average Bonchev–Trinajstić information content (AvgIpc) is 3.89. The summed E-state index contributed by atoms with van der Waals surface area (Å²) in [5.74, 6) is 0. The van der Waals surface area contributed by atoms with Gasteiger partial charge in [0.2, 0.25) is 0 Å². The molecular weight excluding hydrogens is 759 g/mol. The number of thiophene rings is 1. The van der Waals surface area contributed by atoms with Crippen molar-refractivity contribution in [3.8, 4) is 27.9 Å². The molecule has 0 N–H and O–H groups in total. The van der Waals surface area contributed by atoms with Gasteiger partial charge in [-0.25, -0.2) is 0 Å². The lowest BCUT2D eigenvalue weighted by molar-refractivity contribution is 0.660. The van der Waals surface area contributed by atoms with E-state index in [1.165, 1.54) is 81.0 Å². The Morgan fingerprint density at radius 3 is 1.77 bits per heavy atom. The van der Waals surface area contributed by atoms with Crippen LogP contribution in [-0.4, -0.2) is 4.57 Å². The van der Waals surface area contributed by atoms with E-state index in [1.54, 1.807) is 0 Å². The zero-order chi connectivity index (χ0) is 40.4. The highest BCUT2D eigenvalue weighted by Crippen LogP contribution is 2.59. The second kappa shape index (κ2) is 12.8. The summed E-state index contributed by atoms with van der Waals surface area (Å²) in [4.78, 5) is 4.86. The van der Waals surface area contributed by atoms with Crippen molar-refractivity contribution in [2.45, 2.75) is 19.3 Å². The number of aromatic nitrogens is 1. The van der Waals surface area contributed by atoms with E-state index in [-0.39, 0.29) is 5.41 Å².